The van der Waals surface area contributed by atoms with Crippen molar-refractivity contribution in [1.82, 2.24) is 9.80 Å². The predicted octanol–water partition coefficient (Wildman–Crippen LogP) is 3.35. The average molecular weight is 295 g/mol. The van der Waals surface area contributed by atoms with Crippen molar-refractivity contribution in [3.05, 3.63) is 0 Å². The van der Waals surface area contributed by atoms with E-state index in [9.17, 15) is 5.21 Å². The van der Waals surface area contributed by atoms with Crippen LogP contribution in [0, 0.1) is 0 Å². The van der Waals surface area contributed by atoms with Crippen LogP contribution in [0.15, 0.2) is 5.16 Å². The van der Waals surface area contributed by atoms with E-state index in [2.05, 4.69) is 22.0 Å². The zero-order valence-electron chi connectivity index (χ0n) is 13.8. The van der Waals surface area contributed by atoms with Crippen LogP contribution in [-0.4, -0.2) is 60.0 Å². The molecule has 1 atom stereocenters. The van der Waals surface area contributed by atoms with Gasteiger partial charge in [0.1, 0.15) is 0 Å². The molecular formula is C17H33N3O. The SMILES string of the molecule is CN1CCN(C2CCCCCCCCCCC2=NO)CC1. The molecule has 21 heavy (non-hydrogen) atoms. The highest BCUT2D eigenvalue weighted by molar-refractivity contribution is 5.89. The van der Waals surface area contributed by atoms with Crippen LogP contribution < -0.4 is 0 Å². The fourth-order valence-corrected chi connectivity index (χ4v) is 3.68. The minimum atomic E-state index is 0.378. The van der Waals surface area contributed by atoms with Crippen LogP contribution in [0.3, 0.4) is 0 Å². The Labute approximate surface area is 130 Å². The maximum atomic E-state index is 9.50. The van der Waals surface area contributed by atoms with E-state index >= 15 is 0 Å². The molecule has 4 nitrogen and oxygen atoms in total. The third-order valence-electron chi connectivity index (χ3n) is 5.15. The van der Waals surface area contributed by atoms with Crippen molar-refractivity contribution in [1.29, 1.82) is 0 Å². The number of nitrogens with zero attached hydrogens (tertiary/aromatic N) is 3. The number of piperazine rings is 1. The molecule has 0 bridgehead atoms. The summed E-state index contributed by atoms with van der Waals surface area (Å²) in [6.07, 6.45) is 12.7. The van der Waals surface area contributed by atoms with Gasteiger partial charge in [-0.15, -0.1) is 0 Å². The van der Waals surface area contributed by atoms with Gasteiger partial charge in [0.25, 0.3) is 0 Å². The fourth-order valence-electron chi connectivity index (χ4n) is 3.68. The van der Waals surface area contributed by atoms with Crippen molar-refractivity contribution in [3.63, 3.8) is 0 Å². The molecule has 0 aromatic carbocycles. The maximum Gasteiger partial charge on any atom is 0.0742 e. The van der Waals surface area contributed by atoms with E-state index in [0.717, 1.165) is 38.3 Å². The van der Waals surface area contributed by atoms with E-state index in [4.69, 9.17) is 0 Å². The van der Waals surface area contributed by atoms with Gasteiger partial charge in [-0.2, -0.15) is 0 Å². The zero-order chi connectivity index (χ0) is 14.9. The van der Waals surface area contributed by atoms with Crippen molar-refractivity contribution in [2.75, 3.05) is 33.2 Å². The molecule has 1 aliphatic heterocycles. The molecule has 0 amide bonds. The first kappa shape index (κ1) is 16.8. The summed E-state index contributed by atoms with van der Waals surface area (Å²) in [6, 6.07) is 0.378. The molecule has 0 spiro atoms. The minimum Gasteiger partial charge on any atom is -0.411 e. The summed E-state index contributed by atoms with van der Waals surface area (Å²) in [7, 11) is 2.19. The van der Waals surface area contributed by atoms with Gasteiger partial charge in [-0.3, -0.25) is 4.90 Å². The average Bonchev–Trinajstić information content (AvgIpc) is 2.49. The lowest BCUT2D eigenvalue weighted by atomic mass is 9.95. The van der Waals surface area contributed by atoms with Crippen LogP contribution in [0.1, 0.15) is 64.2 Å². The molecule has 1 N–H and O–H groups in total. The summed E-state index contributed by atoms with van der Waals surface area (Å²) in [5.74, 6) is 0. The Morgan fingerprint density at radius 2 is 1.43 bits per heavy atom. The van der Waals surface area contributed by atoms with E-state index in [1.165, 1.54) is 57.8 Å². The monoisotopic (exact) mass is 295 g/mol. The Morgan fingerprint density at radius 1 is 0.857 bits per heavy atom. The normalized spacial score (nSPS) is 30.7. The second-order valence-electron chi connectivity index (χ2n) is 6.81. The van der Waals surface area contributed by atoms with E-state index in [-0.39, 0.29) is 0 Å². The van der Waals surface area contributed by atoms with E-state index in [1.54, 1.807) is 0 Å². The Bertz CT molecular complexity index is 311. The third kappa shape index (κ3) is 5.59. The van der Waals surface area contributed by atoms with Gasteiger partial charge in [0.2, 0.25) is 0 Å². The lowest BCUT2D eigenvalue weighted by Gasteiger charge is -2.38. The molecule has 1 unspecified atom stereocenters. The first-order valence-corrected chi connectivity index (χ1v) is 8.94. The zero-order valence-corrected chi connectivity index (χ0v) is 13.8. The summed E-state index contributed by atoms with van der Waals surface area (Å²) in [4.78, 5) is 4.95. The van der Waals surface area contributed by atoms with E-state index in [1.807, 2.05) is 0 Å². The third-order valence-corrected chi connectivity index (χ3v) is 5.15. The van der Waals surface area contributed by atoms with Gasteiger partial charge in [-0.1, -0.05) is 50.1 Å². The van der Waals surface area contributed by atoms with Crippen LogP contribution in [-0.2, 0) is 0 Å². The lowest BCUT2D eigenvalue weighted by molar-refractivity contribution is 0.129. The molecule has 122 valence electrons. The van der Waals surface area contributed by atoms with E-state index < -0.39 is 0 Å². The topological polar surface area (TPSA) is 39.1 Å². The Kier molecular flexibility index (Phi) is 7.51. The molecule has 1 saturated heterocycles. The van der Waals surface area contributed by atoms with Gasteiger partial charge in [0, 0.05) is 26.2 Å². The maximum absolute atomic E-state index is 9.50. The Hall–Kier alpha value is -0.610. The number of rotatable bonds is 1. The second kappa shape index (κ2) is 9.42. The quantitative estimate of drug-likeness (QED) is 0.595. The highest BCUT2D eigenvalue weighted by Gasteiger charge is 2.26. The van der Waals surface area contributed by atoms with Crippen LogP contribution in [0.2, 0.25) is 0 Å². The van der Waals surface area contributed by atoms with Crippen LogP contribution in [0.5, 0.6) is 0 Å². The van der Waals surface area contributed by atoms with Crippen LogP contribution in [0.4, 0.5) is 0 Å². The second-order valence-corrected chi connectivity index (χ2v) is 6.81. The first-order valence-electron chi connectivity index (χ1n) is 8.94. The Balaban J connectivity index is 1.96. The molecule has 2 fully saturated rings. The van der Waals surface area contributed by atoms with Crippen molar-refractivity contribution < 1.29 is 5.21 Å². The molecule has 2 rings (SSSR count). The number of oxime groups is 1. The molecule has 1 aliphatic carbocycles. The van der Waals surface area contributed by atoms with Crippen LogP contribution >= 0.6 is 0 Å². The summed E-state index contributed by atoms with van der Waals surface area (Å²) in [5, 5.41) is 13.2. The van der Waals surface area contributed by atoms with Crippen molar-refractivity contribution in [2.45, 2.75) is 70.3 Å². The summed E-state index contributed by atoms with van der Waals surface area (Å²) in [6.45, 7) is 4.49. The standard InChI is InChI=1S/C17H33N3O/c1-19-12-14-20(15-13-19)17-11-9-7-5-3-2-4-6-8-10-16(17)18-21/h17,21H,2-15H2,1H3. The highest BCUT2D eigenvalue weighted by atomic mass is 16.4. The number of likely N-dealkylation sites (N-methyl/N-ethyl adjacent to an activating group) is 1. The number of hydrogen-bond acceptors (Lipinski definition) is 4. The fraction of sp³-hybridized carbons (Fsp3) is 0.941. The molecule has 0 aromatic rings. The smallest absolute Gasteiger partial charge is 0.0742 e. The molecular weight excluding hydrogens is 262 g/mol. The molecule has 0 aromatic heterocycles. The molecule has 1 saturated carbocycles. The van der Waals surface area contributed by atoms with E-state index in [0.29, 0.717) is 6.04 Å². The van der Waals surface area contributed by atoms with Gasteiger partial charge in [-0.05, 0) is 26.3 Å². The van der Waals surface area contributed by atoms with Crippen molar-refractivity contribution in [2.24, 2.45) is 5.16 Å². The van der Waals surface area contributed by atoms with Crippen LogP contribution in [0.25, 0.3) is 0 Å². The van der Waals surface area contributed by atoms with Gasteiger partial charge in [0.15, 0.2) is 0 Å². The van der Waals surface area contributed by atoms with Gasteiger partial charge in [-0.25, -0.2) is 0 Å². The van der Waals surface area contributed by atoms with Crippen molar-refractivity contribution in [3.8, 4) is 0 Å². The Morgan fingerprint density at radius 3 is 2.05 bits per heavy atom. The molecule has 1 heterocycles. The van der Waals surface area contributed by atoms with Gasteiger partial charge >= 0.3 is 0 Å². The molecule has 0 radical (unpaired) electrons. The largest absolute Gasteiger partial charge is 0.411 e. The minimum absolute atomic E-state index is 0.378. The van der Waals surface area contributed by atoms with Gasteiger partial charge < -0.3 is 10.1 Å². The molecule has 4 heteroatoms. The van der Waals surface area contributed by atoms with Gasteiger partial charge in [0.05, 0.1) is 11.8 Å². The highest BCUT2D eigenvalue weighted by Crippen LogP contribution is 2.20. The molecule has 2 aliphatic rings. The summed E-state index contributed by atoms with van der Waals surface area (Å²) in [5.41, 5.74) is 1.04. The summed E-state index contributed by atoms with van der Waals surface area (Å²) < 4.78 is 0. The summed E-state index contributed by atoms with van der Waals surface area (Å²) >= 11 is 0. The lowest BCUT2D eigenvalue weighted by Crippen LogP contribution is -2.51. The van der Waals surface area contributed by atoms with Crippen molar-refractivity contribution >= 4 is 5.71 Å². The predicted molar refractivity (Wildman–Crippen MR) is 88.2 cm³/mol. The first-order chi connectivity index (χ1) is 10.3. The number of hydrogen-bond donors (Lipinski definition) is 1.